The SMILES string of the molecule is O=C(C=Cc1ccc(-c2ccccc2[N+](=O)[O-])o1)c1ccc(-c2cccc(Cl)c2Cl)o1. The molecule has 0 aliphatic carbocycles. The average molecular weight is 454 g/mol. The average Bonchev–Trinajstić information content (AvgIpc) is 3.44. The van der Waals surface area contributed by atoms with Gasteiger partial charge >= 0.3 is 0 Å². The molecule has 154 valence electrons. The monoisotopic (exact) mass is 453 g/mol. The number of allylic oxidation sites excluding steroid dienone is 1. The maximum atomic E-state index is 12.5. The van der Waals surface area contributed by atoms with Gasteiger partial charge in [0.2, 0.25) is 5.78 Å². The van der Waals surface area contributed by atoms with E-state index in [0.29, 0.717) is 38.5 Å². The molecule has 0 radical (unpaired) electrons. The van der Waals surface area contributed by atoms with Gasteiger partial charge < -0.3 is 8.83 Å². The first kappa shape index (κ1) is 20.7. The van der Waals surface area contributed by atoms with Crippen LogP contribution in [0.15, 0.2) is 81.6 Å². The van der Waals surface area contributed by atoms with E-state index in [1.165, 1.54) is 18.2 Å². The quantitative estimate of drug-likeness (QED) is 0.132. The number of furan rings is 2. The lowest BCUT2D eigenvalue weighted by atomic mass is 10.1. The van der Waals surface area contributed by atoms with Gasteiger partial charge in [-0.2, -0.15) is 0 Å². The van der Waals surface area contributed by atoms with Gasteiger partial charge in [0.05, 0.1) is 20.5 Å². The molecule has 0 saturated carbocycles. The van der Waals surface area contributed by atoms with Gasteiger partial charge in [0.15, 0.2) is 5.76 Å². The second-order valence-corrected chi connectivity index (χ2v) is 7.22. The van der Waals surface area contributed by atoms with Crippen molar-refractivity contribution >= 4 is 40.7 Å². The minimum atomic E-state index is -0.475. The predicted molar refractivity (Wildman–Crippen MR) is 118 cm³/mol. The van der Waals surface area contributed by atoms with Crippen LogP contribution in [0.1, 0.15) is 16.3 Å². The Labute approximate surface area is 186 Å². The molecule has 0 spiro atoms. The van der Waals surface area contributed by atoms with Gasteiger partial charge in [0.25, 0.3) is 5.69 Å². The zero-order valence-electron chi connectivity index (χ0n) is 15.7. The van der Waals surface area contributed by atoms with E-state index < -0.39 is 4.92 Å². The number of carbonyl (C=O) groups excluding carboxylic acids is 1. The number of halogens is 2. The molecule has 0 aliphatic heterocycles. The van der Waals surface area contributed by atoms with E-state index in [2.05, 4.69) is 0 Å². The normalized spacial score (nSPS) is 11.2. The van der Waals surface area contributed by atoms with Crippen LogP contribution in [0.2, 0.25) is 10.0 Å². The molecular weight excluding hydrogens is 441 g/mol. The van der Waals surface area contributed by atoms with E-state index in [0.717, 1.165) is 0 Å². The molecule has 4 rings (SSSR count). The van der Waals surface area contributed by atoms with Crippen LogP contribution in [0, 0.1) is 10.1 Å². The van der Waals surface area contributed by atoms with Crippen LogP contribution < -0.4 is 0 Å². The second kappa shape index (κ2) is 8.63. The number of carbonyl (C=O) groups is 1. The summed E-state index contributed by atoms with van der Waals surface area (Å²) in [5, 5.41) is 11.9. The van der Waals surface area contributed by atoms with Gasteiger partial charge in [-0.1, -0.05) is 41.4 Å². The number of nitro benzene ring substituents is 1. The summed E-state index contributed by atoms with van der Waals surface area (Å²) in [4.78, 5) is 23.2. The molecule has 0 atom stereocenters. The van der Waals surface area contributed by atoms with Gasteiger partial charge in [-0.05, 0) is 54.6 Å². The van der Waals surface area contributed by atoms with Crippen molar-refractivity contribution in [2.45, 2.75) is 0 Å². The molecule has 0 unspecified atom stereocenters. The summed E-state index contributed by atoms with van der Waals surface area (Å²) in [6.07, 6.45) is 2.76. The Morgan fingerprint density at radius 2 is 1.58 bits per heavy atom. The van der Waals surface area contributed by atoms with E-state index in [1.807, 2.05) is 0 Å². The van der Waals surface area contributed by atoms with Crippen molar-refractivity contribution in [1.29, 1.82) is 0 Å². The van der Waals surface area contributed by atoms with Crippen LogP contribution in [0.5, 0.6) is 0 Å². The largest absolute Gasteiger partial charge is 0.456 e. The Kier molecular flexibility index (Phi) is 5.75. The number of para-hydroxylation sites is 1. The Hall–Kier alpha value is -3.61. The summed E-state index contributed by atoms with van der Waals surface area (Å²) in [7, 11) is 0. The van der Waals surface area contributed by atoms with E-state index in [-0.39, 0.29) is 17.2 Å². The van der Waals surface area contributed by atoms with E-state index in [9.17, 15) is 14.9 Å². The van der Waals surface area contributed by atoms with Crippen LogP contribution in [0.25, 0.3) is 28.7 Å². The Morgan fingerprint density at radius 3 is 2.39 bits per heavy atom. The van der Waals surface area contributed by atoms with Gasteiger partial charge in [-0.15, -0.1) is 0 Å². The number of benzene rings is 2. The molecule has 0 fully saturated rings. The summed E-state index contributed by atoms with van der Waals surface area (Å²) in [5.74, 6) is 0.850. The van der Waals surface area contributed by atoms with Crippen LogP contribution >= 0.6 is 23.2 Å². The smallest absolute Gasteiger partial charge is 0.280 e. The lowest BCUT2D eigenvalue weighted by Crippen LogP contribution is -1.90. The molecule has 0 bridgehead atoms. The minimum Gasteiger partial charge on any atom is -0.456 e. The maximum Gasteiger partial charge on any atom is 0.280 e. The Bertz CT molecular complexity index is 1320. The molecule has 0 amide bonds. The molecule has 0 N–H and O–H groups in total. The number of nitrogens with zero attached hydrogens (tertiary/aromatic N) is 1. The summed E-state index contributed by atoms with van der Waals surface area (Å²) in [5.41, 5.74) is 0.871. The highest BCUT2D eigenvalue weighted by molar-refractivity contribution is 6.43. The lowest BCUT2D eigenvalue weighted by molar-refractivity contribution is -0.384. The predicted octanol–water partition coefficient (Wildman–Crippen LogP) is 7.32. The molecule has 2 heterocycles. The number of ketones is 1. The highest BCUT2D eigenvalue weighted by atomic mass is 35.5. The fourth-order valence-electron chi connectivity index (χ4n) is 2.98. The third-order valence-electron chi connectivity index (χ3n) is 4.46. The van der Waals surface area contributed by atoms with Crippen molar-refractivity contribution in [1.82, 2.24) is 0 Å². The zero-order chi connectivity index (χ0) is 22.0. The van der Waals surface area contributed by atoms with Crippen molar-refractivity contribution in [3.63, 3.8) is 0 Å². The van der Waals surface area contributed by atoms with Crippen molar-refractivity contribution in [3.05, 3.63) is 104 Å². The van der Waals surface area contributed by atoms with Crippen molar-refractivity contribution in [2.24, 2.45) is 0 Å². The third kappa shape index (κ3) is 4.30. The van der Waals surface area contributed by atoms with Crippen LogP contribution in [0.3, 0.4) is 0 Å². The molecule has 0 aliphatic rings. The number of rotatable bonds is 6. The number of hydrogen-bond donors (Lipinski definition) is 0. The van der Waals surface area contributed by atoms with Crippen molar-refractivity contribution in [3.8, 4) is 22.6 Å². The topological polar surface area (TPSA) is 86.5 Å². The molecule has 31 heavy (non-hydrogen) atoms. The Morgan fingerprint density at radius 1 is 0.871 bits per heavy atom. The van der Waals surface area contributed by atoms with Gasteiger partial charge in [0, 0.05) is 11.6 Å². The molecular formula is C23H13Cl2NO5. The fraction of sp³-hybridized carbons (Fsp3) is 0. The van der Waals surface area contributed by atoms with Crippen LogP contribution in [-0.2, 0) is 0 Å². The molecule has 6 nitrogen and oxygen atoms in total. The molecule has 8 heteroatoms. The fourth-order valence-corrected chi connectivity index (χ4v) is 3.37. The van der Waals surface area contributed by atoms with E-state index in [4.69, 9.17) is 32.0 Å². The van der Waals surface area contributed by atoms with Crippen molar-refractivity contribution in [2.75, 3.05) is 0 Å². The molecule has 2 aromatic heterocycles. The highest BCUT2D eigenvalue weighted by Crippen LogP contribution is 2.34. The van der Waals surface area contributed by atoms with Crippen LogP contribution in [-0.4, -0.2) is 10.7 Å². The first-order chi connectivity index (χ1) is 14.9. The third-order valence-corrected chi connectivity index (χ3v) is 5.28. The van der Waals surface area contributed by atoms with Crippen molar-refractivity contribution < 1.29 is 18.6 Å². The van der Waals surface area contributed by atoms with Gasteiger partial charge in [0.1, 0.15) is 17.3 Å². The second-order valence-electron chi connectivity index (χ2n) is 6.44. The summed E-state index contributed by atoms with van der Waals surface area (Å²) < 4.78 is 11.3. The Balaban J connectivity index is 1.53. The minimum absolute atomic E-state index is 0.0637. The van der Waals surface area contributed by atoms with Gasteiger partial charge in [-0.3, -0.25) is 14.9 Å². The first-order valence-corrected chi connectivity index (χ1v) is 9.80. The molecule has 2 aromatic carbocycles. The first-order valence-electron chi connectivity index (χ1n) is 9.04. The molecule has 0 saturated heterocycles. The maximum absolute atomic E-state index is 12.5. The zero-order valence-corrected chi connectivity index (χ0v) is 17.3. The number of hydrogen-bond acceptors (Lipinski definition) is 5. The molecule has 4 aromatic rings. The summed E-state index contributed by atoms with van der Waals surface area (Å²) in [6.45, 7) is 0. The van der Waals surface area contributed by atoms with Crippen LogP contribution in [0.4, 0.5) is 5.69 Å². The summed E-state index contributed by atoms with van der Waals surface area (Å²) >= 11 is 12.2. The highest BCUT2D eigenvalue weighted by Gasteiger charge is 2.17. The van der Waals surface area contributed by atoms with E-state index >= 15 is 0 Å². The van der Waals surface area contributed by atoms with E-state index in [1.54, 1.807) is 60.7 Å². The number of nitro groups is 1. The summed E-state index contributed by atoms with van der Waals surface area (Å²) in [6, 6.07) is 17.8. The standard InChI is InChI=1S/C23H13Cl2NO5/c24-17-6-3-5-16(23(17)25)21-12-13-22(31-21)19(27)10-8-14-9-11-20(30-14)15-4-1-2-7-18(15)26(28)29/h1-13H. The lowest BCUT2D eigenvalue weighted by Gasteiger charge is -2.01. The van der Waals surface area contributed by atoms with Gasteiger partial charge in [-0.25, -0.2) is 0 Å².